The van der Waals surface area contributed by atoms with Gasteiger partial charge < -0.3 is 0 Å². The van der Waals surface area contributed by atoms with E-state index in [1.807, 2.05) is 27.7 Å². The van der Waals surface area contributed by atoms with Crippen LogP contribution in [0.3, 0.4) is 0 Å². The maximum Gasteiger partial charge on any atom is 0.416 e. The van der Waals surface area contributed by atoms with Crippen LogP contribution in [-0.4, -0.2) is 0 Å². The van der Waals surface area contributed by atoms with Gasteiger partial charge >= 0.3 is 12.4 Å². The minimum absolute atomic E-state index is 0.121. The lowest BCUT2D eigenvalue weighted by atomic mass is 9.94. The summed E-state index contributed by atoms with van der Waals surface area (Å²) >= 11 is 0. The van der Waals surface area contributed by atoms with Crippen LogP contribution in [0.2, 0.25) is 0 Å². The number of alkyl halides is 6. The molecule has 3 saturated carbocycles. The Kier molecular flexibility index (Phi) is 14.7. The zero-order valence-electron chi connectivity index (χ0n) is 33.6. The summed E-state index contributed by atoms with van der Waals surface area (Å²) in [7, 11) is 0. The third-order valence-corrected chi connectivity index (χ3v) is 10.4. The van der Waals surface area contributed by atoms with Crippen LogP contribution in [0, 0.1) is 6.92 Å². The predicted molar refractivity (Wildman–Crippen MR) is 213 cm³/mol. The number of aryl methyl sites for hydroxylation is 1. The first-order valence-electron chi connectivity index (χ1n) is 19.8. The van der Waals surface area contributed by atoms with Gasteiger partial charge in [-0.2, -0.15) is 26.3 Å². The topological polar surface area (TPSA) is 0 Å². The van der Waals surface area contributed by atoms with E-state index in [4.69, 9.17) is 0 Å². The molecule has 294 valence electrons. The van der Waals surface area contributed by atoms with Gasteiger partial charge in [0, 0.05) is 0 Å². The van der Waals surface area contributed by atoms with Crippen LogP contribution in [0.15, 0.2) is 84.9 Å². The van der Waals surface area contributed by atoms with Gasteiger partial charge in [0.15, 0.2) is 0 Å². The fourth-order valence-electron chi connectivity index (χ4n) is 6.28. The van der Waals surface area contributed by atoms with E-state index in [2.05, 4.69) is 70.2 Å². The average molecular weight is 751 g/mol. The molecule has 4 aromatic carbocycles. The van der Waals surface area contributed by atoms with E-state index in [0.29, 0.717) is 17.4 Å². The molecule has 6 heteroatoms. The van der Waals surface area contributed by atoms with Crippen LogP contribution in [0.25, 0.3) is 0 Å². The summed E-state index contributed by atoms with van der Waals surface area (Å²) in [5.41, 5.74) is 8.98. The second-order valence-electron chi connectivity index (χ2n) is 16.8. The summed E-state index contributed by atoms with van der Waals surface area (Å²) in [5, 5.41) is 0. The van der Waals surface area contributed by atoms with Crippen LogP contribution in [-0.2, 0) is 12.4 Å². The van der Waals surface area contributed by atoms with Gasteiger partial charge in [0.25, 0.3) is 0 Å². The molecular weight excluding hydrogens is 691 g/mol. The number of hydrogen-bond acceptors (Lipinski definition) is 0. The van der Waals surface area contributed by atoms with Crippen LogP contribution in [0.5, 0.6) is 0 Å². The standard InChI is InChI=1S/C15H20.C12H16.C11H13F3.C10H11F3/c1-10(2)13-7-14(11-3-4-11)9-15(8-13)12-5-6-12;1-9(2)10-3-5-11(6-4-10)12-7-8-12;1-7(2)9-4-8(3)5-10(6-9)11(12,13)14;1-7(2)8-3-5-9(6-4-8)10(11,12)13/h7-12H,3-6H2,1-2H3;3-6,9,12H,7-8H2,1-2H3;4-7H,1-3H3;3-7H,1-2H3. The molecule has 0 aliphatic heterocycles. The van der Waals surface area contributed by atoms with E-state index in [1.54, 1.807) is 35.2 Å². The summed E-state index contributed by atoms with van der Waals surface area (Å²) < 4.78 is 73.6. The monoisotopic (exact) mass is 750 g/mol. The van der Waals surface area contributed by atoms with Gasteiger partial charge in [-0.05, 0) is 150 Å². The molecule has 0 atom stereocenters. The summed E-state index contributed by atoms with van der Waals surface area (Å²) in [6.45, 7) is 18.4. The Bertz CT molecular complexity index is 1660. The Balaban J connectivity index is 0.000000161. The predicted octanol–water partition coefficient (Wildman–Crippen LogP) is 16.2. The van der Waals surface area contributed by atoms with E-state index in [1.165, 1.54) is 68.4 Å². The summed E-state index contributed by atoms with van der Waals surface area (Å²) in [5.74, 6) is 4.44. The minimum Gasteiger partial charge on any atom is -0.166 e. The maximum atomic E-state index is 12.4. The zero-order valence-corrected chi connectivity index (χ0v) is 33.6. The smallest absolute Gasteiger partial charge is 0.166 e. The van der Waals surface area contributed by atoms with Gasteiger partial charge in [-0.3, -0.25) is 0 Å². The first-order valence-corrected chi connectivity index (χ1v) is 19.8. The van der Waals surface area contributed by atoms with E-state index < -0.39 is 23.5 Å². The fourth-order valence-corrected chi connectivity index (χ4v) is 6.28. The molecule has 0 spiro atoms. The van der Waals surface area contributed by atoms with E-state index >= 15 is 0 Å². The van der Waals surface area contributed by atoms with Gasteiger partial charge in [-0.1, -0.05) is 122 Å². The Morgan fingerprint density at radius 1 is 0.389 bits per heavy atom. The highest BCUT2D eigenvalue weighted by molar-refractivity contribution is 5.39. The second-order valence-corrected chi connectivity index (χ2v) is 16.8. The molecule has 7 rings (SSSR count). The molecular formula is C48H60F6. The molecule has 0 saturated heterocycles. The highest BCUT2D eigenvalue weighted by Crippen LogP contribution is 2.46. The summed E-state index contributed by atoms with van der Waals surface area (Å²) in [6.07, 6.45) is 0.0296. The van der Waals surface area contributed by atoms with Gasteiger partial charge in [0.05, 0.1) is 11.1 Å². The Morgan fingerprint density at radius 2 is 0.741 bits per heavy atom. The Morgan fingerprint density at radius 3 is 1.09 bits per heavy atom. The molecule has 0 aromatic heterocycles. The Hall–Kier alpha value is -3.54. The van der Waals surface area contributed by atoms with Crippen LogP contribution >= 0.6 is 0 Å². The maximum absolute atomic E-state index is 12.4. The first-order chi connectivity index (χ1) is 25.2. The fraction of sp³-hybridized carbons (Fsp3) is 0.500. The van der Waals surface area contributed by atoms with Crippen molar-refractivity contribution in [3.05, 3.63) is 141 Å². The highest BCUT2D eigenvalue weighted by Gasteiger charge is 2.32. The van der Waals surface area contributed by atoms with Crippen molar-refractivity contribution < 1.29 is 26.3 Å². The number of hydrogen-bond donors (Lipinski definition) is 0. The number of halogens is 6. The molecule has 0 amide bonds. The molecule has 0 unspecified atom stereocenters. The zero-order chi connectivity index (χ0) is 40.0. The van der Waals surface area contributed by atoms with Crippen molar-refractivity contribution >= 4 is 0 Å². The van der Waals surface area contributed by atoms with Crippen molar-refractivity contribution in [1.82, 2.24) is 0 Å². The normalized spacial score (nSPS) is 15.7. The summed E-state index contributed by atoms with van der Waals surface area (Å²) in [4.78, 5) is 0. The molecule has 54 heavy (non-hydrogen) atoms. The second kappa shape index (κ2) is 18.4. The molecule has 0 bridgehead atoms. The van der Waals surface area contributed by atoms with Crippen LogP contribution in [0.4, 0.5) is 26.3 Å². The number of benzene rings is 4. The average Bonchev–Trinajstić information content (AvgIpc) is 3.95. The SMILES string of the molecule is CC(C)c1cc(C2CC2)cc(C2CC2)c1.CC(C)c1ccc(C(F)(F)F)cc1.CC(C)c1ccc(C2CC2)cc1.Cc1cc(C(C)C)cc(C(F)(F)F)c1. The molecule has 0 radical (unpaired) electrons. The largest absolute Gasteiger partial charge is 0.416 e. The van der Waals surface area contributed by atoms with Crippen molar-refractivity contribution in [2.45, 2.75) is 155 Å². The third kappa shape index (κ3) is 13.6. The lowest BCUT2D eigenvalue weighted by molar-refractivity contribution is -0.138. The van der Waals surface area contributed by atoms with Crippen molar-refractivity contribution in [3.8, 4) is 0 Å². The van der Waals surface area contributed by atoms with E-state index in [-0.39, 0.29) is 11.8 Å². The molecule has 3 aliphatic rings. The third-order valence-electron chi connectivity index (χ3n) is 10.4. The molecule has 0 nitrogen and oxygen atoms in total. The quantitative estimate of drug-likeness (QED) is 0.165. The molecule has 3 fully saturated rings. The van der Waals surface area contributed by atoms with Gasteiger partial charge in [0.1, 0.15) is 0 Å². The van der Waals surface area contributed by atoms with Gasteiger partial charge in [-0.15, -0.1) is 0 Å². The Labute approximate surface area is 320 Å². The lowest BCUT2D eigenvalue weighted by Crippen LogP contribution is -2.06. The molecule has 4 aromatic rings. The van der Waals surface area contributed by atoms with Crippen molar-refractivity contribution in [2.24, 2.45) is 0 Å². The van der Waals surface area contributed by atoms with Gasteiger partial charge in [0.2, 0.25) is 0 Å². The summed E-state index contributed by atoms with van der Waals surface area (Å²) in [6, 6.07) is 26.0. The van der Waals surface area contributed by atoms with E-state index in [0.717, 1.165) is 41.0 Å². The molecule has 0 N–H and O–H groups in total. The van der Waals surface area contributed by atoms with Crippen molar-refractivity contribution in [1.29, 1.82) is 0 Å². The molecule has 3 aliphatic carbocycles. The van der Waals surface area contributed by atoms with Crippen LogP contribution in [0.1, 0.15) is 191 Å². The minimum atomic E-state index is -4.24. The van der Waals surface area contributed by atoms with Gasteiger partial charge in [-0.25, -0.2) is 0 Å². The first kappa shape index (κ1) is 43.2. The lowest BCUT2D eigenvalue weighted by Gasteiger charge is -2.12. The highest BCUT2D eigenvalue weighted by atomic mass is 19.4. The number of rotatable bonds is 7. The van der Waals surface area contributed by atoms with Crippen molar-refractivity contribution in [3.63, 3.8) is 0 Å². The van der Waals surface area contributed by atoms with Crippen LogP contribution < -0.4 is 0 Å². The molecule has 0 heterocycles. The van der Waals surface area contributed by atoms with E-state index in [9.17, 15) is 26.3 Å². The van der Waals surface area contributed by atoms with Crippen molar-refractivity contribution in [2.75, 3.05) is 0 Å².